The van der Waals surface area contributed by atoms with E-state index < -0.39 is 11.4 Å². The lowest BCUT2D eigenvalue weighted by Gasteiger charge is -2.42. The van der Waals surface area contributed by atoms with E-state index in [4.69, 9.17) is 5.11 Å². The van der Waals surface area contributed by atoms with Crippen LogP contribution in [0.2, 0.25) is 0 Å². The van der Waals surface area contributed by atoms with Crippen molar-refractivity contribution in [1.82, 2.24) is 15.5 Å². The Morgan fingerprint density at radius 1 is 1.16 bits per heavy atom. The Bertz CT molecular complexity index is 505. The number of amides is 2. The van der Waals surface area contributed by atoms with E-state index in [-0.39, 0.29) is 36.9 Å². The van der Waals surface area contributed by atoms with Gasteiger partial charge in [0, 0.05) is 37.0 Å². The molecule has 0 atom stereocenters. The molecule has 0 unspecified atom stereocenters. The Labute approximate surface area is 149 Å². The lowest BCUT2D eigenvalue weighted by molar-refractivity contribution is -0.140. The molecule has 2 fully saturated rings. The molecule has 0 heterocycles. The van der Waals surface area contributed by atoms with Crippen LogP contribution in [0.15, 0.2) is 0 Å². The molecule has 7 heteroatoms. The third-order valence-corrected chi connectivity index (χ3v) is 4.84. The molecule has 2 aliphatic carbocycles. The summed E-state index contributed by atoms with van der Waals surface area (Å²) in [5.41, 5.74) is -0.452. The molecule has 0 radical (unpaired) electrons. The van der Waals surface area contributed by atoms with Crippen molar-refractivity contribution >= 4 is 17.8 Å². The van der Waals surface area contributed by atoms with Crippen LogP contribution in [0.4, 0.5) is 0 Å². The maximum atomic E-state index is 11.9. The Hall–Kier alpha value is -1.63. The van der Waals surface area contributed by atoms with E-state index in [9.17, 15) is 14.4 Å². The average molecular weight is 353 g/mol. The Kier molecular flexibility index (Phi) is 6.43. The highest BCUT2D eigenvalue weighted by atomic mass is 16.4. The van der Waals surface area contributed by atoms with Gasteiger partial charge in [-0.25, -0.2) is 0 Å². The summed E-state index contributed by atoms with van der Waals surface area (Å²) in [6.07, 6.45) is 4.27. The normalized spacial score (nSPS) is 23.0. The molecule has 2 aliphatic rings. The molecule has 0 aromatic carbocycles. The molecule has 142 valence electrons. The number of carbonyl (C=O) groups is 3. The minimum absolute atomic E-state index is 0.0617. The van der Waals surface area contributed by atoms with Crippen molar-refractivity contribution in [2.24, 2.45) is 11.3 Å². The SMILES string of the molecule is CC(C)(C)C(=O)NCCC(=O)NC1CC(N(CC(=O)O)CC2CC2)C1. The van der Waals surface area contributed by atoms with E-state index in [1.807, 2.05) is 25.7 Å². The van der Waals surface area contributed by atoms with Crippen LogP contribution >= 0.6 is 0 Å². The first-order chi connectivity index (χ1) is 11.6. The maximum Gasteiger partial charge on any atom is 0.317 e. The average Bonchev–Trinajstić information content (AvgIpc) is 3.24. The molecule has 2 rings (SSSR count). The topological polar surface area (TPSA) is 98.7 Å². The van der Waals surface area contributed by atoms with Crippen LogP contribution in [0.5, 0.6) is 0 Å². The van der Waals surface area contributed by atoms with Gasteiger partial charge in [-0.2, -0.15) is 0 Å². The summed E-state index contributed by atoms with van der Waals surface area (Å²) in [5.74, 6) is -0.264. The van der Waals surface area contributed by atoms with Gasteiger partial charge in [-0.3, -0.25) is 19.3 Å². The zero-order valence-corrected chi connectivity index (χ0v) is 15.5. The zero-order chi connectivity index (χ0) is 18.6. The monoisotopic (exact) mass is 353 g/mol. The van der Waals surface area contributed by atoms with Crippen LogP contribution < -0.4 is 10.6 Å². The van der Waals surface area contributed by atoms with Crippen molar-refractivity contribution in [3.8, 4) is 0 Å². The van der Waals surface area contributed by atoms with Crippen LogP contribution in [0.1, 0.15) is 52.9 Å². The number of hydrogen-bond donors (Lipinski definition) is 3. The molecule has 0 bridgehead atoms. The number of carboxylic acid groups (broad SMARTS) is 1. The molecule has 0 saturated heterocycles. The van der Waals surface area contributed by atoms with E-state index in [0.29, 0.717) is 12.5 Å². The predicted octanol–water partition coefficient (Wildman–Crippen LogP) is 0.983. The van der Waals surface area contributed by atoms with Crippen LogP contribution in [0, 0.1) is 11.3 Å². The van der Waals surface area contributed by atoms with E-state index in [1.165, 1.54) is 12.8 Å². The highest BCUT2D eigenvalue weighted by Gasteiger charge is 2.37. The molecular weight excluding hydrogens is 322 g/mol. The molecule has 0 spiro atoms. The number of nitrogens with zero attached hydrogens (tertiary/aromatic N) is 1. The highest BCUT2D eigenvalue weighted by Crippen LogP contribution is 2.33. The summed E-state index contributed by atoms with van der Waals surface area (Å²) in [6, 6.07) is 0.369. The Morgan fingerprint density at radius 2 is 1.80 bits per heavy atom. The van der Waals surface area contributed by atoms with Crippen molar-refractivity contribution in [1.29, 1.82) is 0 Å². The van der Waals surface area contributed by atoms with Gasteiger partial charge in [0.1, 0.15) is 0 Å². The maximum absolute atomic E-state index is 11.9. The van der Waals surface area contributed by atoms with Gasteiger partial charge >= 0.3 is 5.97 Å². The van der Waals surface area contributed by atoms with Crippen molar-refractivity contribution in [3.63, 3.8) is 0 Å². The van der Waals surface area contributed by atoms with Gasteiger partial charge < -0.3 is 15.7 Å². The Morgan fingerprint density at radius 3 is 2.32 bits per heavy atom. The number of aliphatic carboxylic acids is 1. The van der Waals surface area contributed by atoms with Gasteiger partial charge in [0.05, 0.1) is 6.54 Å². The van der Waals surface area contributed by atoms with Crippen LogP contribution in [-0.2, 0) is 14.4 Å². The summed E-state index contributed by atoms with van der Waals surface area (Å²) in [6.45, 7) is 6.78. The zero-order valence-electron chi connectivity index (χ0n) is 15.5. The first kappa shape index (κ1) is 19.7. The molecule has 3 N–H and O–H groups in total. The smallest absolute Gasteiger partial charge is 0.317 e. The van der Waals surface area contributed by atoms with Gasteiger partial charge in [-0.15, -0.1) is 0 Å². The minimum atomic E-state index is -0.789. The molecule has 0 aromatic heterocycles. The van der Waals surface area contributed by atoms with E-state index in [1.54, 1.807) is 0 Å². The number of rotatable bonds is 9. The minimum Gasteiger partial charge on any atom is -0.480 e. The first-order valence-electron chi connectivity index (χ1n) is 9.18. The predicted molar refractivity (Wildman–Crippen MR) is 94.0 cm³/mol. The molecule has 0 aliphatic heterocycles. The second-order valence-electron chi connectivity index (χ2n) is 8.41. The molecule has 2 amide bonds. The van der Waals surface area contributed by atoms with Gasteiger partial charge in [0.25, 0.3) is 0 Å². The fourth-order valence-electron chi connectivity index (χ4n) is 3.01. The fraction of sp³-hybridized carbons (Fsp3) is 0.833. The third-order valence-electron chi connectivity index (χ3n) is 4.84. The van der Waals surface area contributed by atoms with E-state index in [0.717, 1.165) is 19.4 Å². The molecule has 25 heavy (non-hydrogen) atoms. The number of carbonyl (C=O) groups excluding carboxylic acids is 2. The molecule has 2 saturated carbocycles. The summed E-state index contributed by atoms with van der Waals surface area (Å²) in [5, 5.41) is 14.8. The van der Waals surface area contributed by atoms with Crippen molar-refractivity contribution in [2.75, 3.05) is 19.6 Å². The van der Waals surface area contributed by atoms with Gasteiger partial charge in [-0.1, -0.05) is 20.8 Å². The van der Waals surface area contributed by atoms with E-state index >= 15 is 0 Å². The van der Waals surface area contributed by atoms with Crippen molar-refractivity contribution in [2.45, 2.75) is 65.0 Å². The Balaban J connectivity index is 1.63. The van der Waals surface area contributed by atoms with Crippen molar-refractivity contribution < 1.29 is 19.5 Å². The lowest BCUT2D eigenvalue weighted by atomic mass is 9.85. The lowest BCUT2D eigenvalue weighted by Crippen LogP contribution is -2.55. The number of carboxylic acids is 1. The largest absolute Gasteiger partial charge is 0.480 e. The number of nitrogens with one attached hydrogen (secondary N) is 2. The molecular formula is C18H31N3O4. The summed E-state index contributed by atoms with van der Waals surface area (Å²) >= 11 is 0. The summed E-state index contributed by atoms with van der Waals surface area (Å²) in [4.78, 5) is 36.7. The summed E-state index contributed by atoms with van der Waals surface area (Å²) in [7, 11) is 0. The van der Waals surface area contributed by atoms with Gasteiger partial charge in [-0.05, 0) is 31.6 Å². The van der Waals surface area contributed by atoms with Gasteiger partial charge in [0.2, 0.25) is 11.8 Å². The molecule has 0 aromatic rings. The van der Waals surface area contributed by atoms with Gasteiger partial charge in [0.15, 0.2) is 0 Å². The standard InChI is InChI=1S/C18H31N3O4/c1-18(2,3)17(25)19-7-6-15(22)20-13-8-14(9-13)21(11-16(23)24)10-12-4-5-12/h12-14H,4-11H2,1-3H3,(H,19,25)(H,20,22)(H,23,24). The first-order valence-corrected chi connectivity index (χ1v) is 9.18. The second kappa shape index (κ2) is 8.17. The highest BCUT2D eigenvalue weighted by molar-refractivity contribution is 5.82. The van der Waals surface area contributed by atoms with Crippen LogP contribution in [-0.4, -0.2) is 59.5 Å². The molecule has 7 nitrogen and oxygen atoms in total. The fourth-order valence-corrected chi connectivity index (χ4v) is 3.01. The number of hydrogen-bond acceptors (Lipinski definition) is 4. The van der Waals surface area contributed by atoms with E-state index in [2.05, 4.69) is 10.6 Å². The third kappa shape index (κ3) is 6.65. The summed E-state index contributed by atoms with van der Waals surface area (Å²) < 4.78 is 0. The van der Waals surface area contributed by atoms with Crippen molar-refractivity contribution in [3.05, 3.63) is 0 Å². The van der Waals surface area contributed by atoms with Crippen LogP contribution in [0.3, 0.4) is 0 Å². The van der Waals surface area contributed by atoms with Crippen LogP contribution in [0.25, 0.3) is 0 Å². The second-order valence-corrected chi connectivity index (χ2v) is 8.41. The quantitative estimate of drug-likeness (QED) is 0.574.